The van der Waals surface area contributed by atoms with Crippen molar-refractivity contribution in [2.45, 2.75) is 217 Å². The monoisotopic (exact) mass is 1840 g/mol. The average molecular weight is 1850 g/mol. The SMILES string of the molecule is CC(=O)N[C@@H](CC(=O)O)C(=O)N[C@H]1CSSC[C@@H](C(=O)N[C@H](C(=O)N[C@@H](Cc2ccccc2)C(=O)NC(Cc2ccccn2)C(=O)O)[C@@H](C)O)NC(=O)[C@H](Cc2c[nH]c3ccccc23)NC(=O)[C@H](C(C)C)NC(=O)[C@H](CC(C)C)NC(=O)[C@H](CCC(=O)O)NC(=O)CNC(=O)[C@H](CC(C)C)NC(=O)[C@H](Cc2cnc[nH]2)NC(=O)[C@H](Cc2ccc(O)cc2)NC(=O)[C@H](C)NC1=O. The molecule has 1 aliphatic rings. The van der Waals surface area contributed by atoms with Crippen LogP contribution < -0.4 is 79.8 Å². The molecule has 1 saturated heterocycles. The molecule has 3 aromatic carbocycles. The van der Waals surface area contributed by atoms with Crippen LogP contribution in [0.1, 0.15) is 122 Å². The number of pyridine rings is 1. The van der Waals surface area contributed by atoms with Gasteiger partial charge in [0, 0.05) is 97.8 Å². The van der Waals surface area contributed by atoms with Gasteiger partial charge in [-0.25, -0.2) is 9.78 Å². The maximum absolute atomic E-state index is 15.6. The van der Waals surface area contributed by atoms with Crippen LogP contribution in [0.15, 0.2) is 122 Å². The number of hydrogen-bond donors (Lipinski definition) is 22. The number of amides is 15. The summed E-state index contributed by atoms with van der Waals surface area (Å²) in [5.41, 5.74) is 2.28. The van der Waals surface area contributed by atoms with Gasteiger partial charge in [0.05, 0.1) is 25.4 Å². The van der Waals surface area contributed by atoms with Crippen LogP contribution in [-0.4, -0.2) is 261 Å². The van der Waals surface area contributed by atoms with Crippen molar-refractivity contribution in [1.82, 2.24) is 99.7 Å². The van der Waals surface area contributed by atoms with Gasteiger partial charge >= 0.3 is 17.9 Å². The van der Waals surface area contributed by atoms with Gasteiger partial charge in [0.2, 0.25) is 88.6 Å². The van der Waals surface area contributed by atoms with Gasteiger partial charge in [-0.15, -0.1) is 0 Å². The van der Waals surface area contributed by atoms with Crippen molar-refractivity contribution in [2.24, 2.45) is 17.8 Å². The van der Waals surface area contributed by atoms with Gasteiger partial charge in [0.15, 0.2) is 0 Å². The number of H-pyrrole nitrogens is 2. The number of aromatic nitrogens is 4. The molecule has 0 aliphatic carbocycles. The summed E-state index contributed by atoms with van der Waals surface area (Å²) in [6.45, 7) is 12.2. The molecule has 0 bridgehead atoms. The van der Waals surface area contributed by atoms with E-state index in [-0.39, 0.29) is 61.6 Å². The number of phenolic OH excluding ortho intramolecular Hbond substituents is 1. The van der Waals surface area contributed by atoms with E-state index in [4.69, 9.17) is 0 Å². The fourth-order valence-electron chi connectivity index (χ4n) is 13.6. The number of aliphatic hydroxyl groups excluding tert-OH is 1. The number of benzene rings is 3. The van der Waals surface area contributed by atoms with Gasteiger partial charge < -0.3 is 115 Å². The highest BCUT2D eigenvalue weighted by atomic mass is 33.1. The Labute approximate surface area is 755 Å². The first-order valence-corrected chi connectivity index (χ1v) is 44.4. The van der Waals surface area contributed by atoms with E-state index in [1.54, 1.807) is 94.4 Å². The predicted octanol–water partition coefficient (Wildman–Crippen LogP) is -1.60. The number of fused-ring (bicyclic) bond motifs is 1. The molecule has 4 heterocycles. The van der Waals surface area contributed by atoms with Gasteiger partial charge in [0.1, 0.15) is 90.3 Å². The number of carboxylic acids is 3. The average Bonchev–Trinajstić information content (AvgIpc) is 1.62. The normalized spacial score (nSPS) is 21.4. The van der Waals surface area contributed by atoms with Crippen LogP contribution in [-0.2, 0) is 118 Å². The third-order valence-electron chi connectivity index (χ3n) is 20.4. The molecule has 44 heteroatoms. The number of aromatic hydroxyl groups is 1. The fourth-order valence-corrected chi connectivity index (χ4v) is 15.9. The van der Waals surface area contributed by atoms with E-state index in [0.717, 1.165) is 20.8 Å². The van der Waals surface area contributed by atoms with Crippen LogP contribution in [0.4, 0.5) is 0 Å². The standard InChI is InChI=1S/C86H113N19O23S2/c1-43(2)29-58-74(115)90-39-68(109)94-57(26-27-69(110)111)75(116)97-59(30-44(3)4)81(122)104-71(45(5)6)84(125)100-62(33-51-37-89-56-21-14-13-20-55(51)56)78(119)103-67(83(124)105-72(47(8)106)85(126)99-61(31-49-17-11-10-12-18-49)77(118)101-65(86(127)128)34-52-19-15-16-28-88-52)41-130-129-40-66(102-80(121)64(36-70(112)113)93-48(9)107)82(123)92-46(7)73(114)95-60(32-50-22-24-54(108)25-23-50)76(117)98-63(79(120)96-58)35-53-38-87-42-91-53/h10-25,28,37-38,42-47,57-67,71-72,89,106,108H,26-27,29-36,39-41H2,1-9H3,(H,87,91)(H,90,115)(H,92,123)(H,93,107)(H,94,109)(H,95,114)(H,96,120)(H,97,116)(H,98,117)(H,99,126)(H,100,125)(H,101,118)(H,102,121)(H,103,119)(H,104,122)(H,105,124)(H,110,111)(H,112,113)(H,127,128)/t46-,47+,57-,58-,59-,60-,61-,62-,63-,64-,65?,66-,67-,71-,72-/m0/s1. The summed E-state index contributed by atoms with van der Waals surface area (Å²) in [6.07, 6.45) is -0.587. The Morgan fingerprint density at radius 1 is 0.523 bits per heavy atom. The number of imidazole rings is 1. The van der Waals surface area contributed by atoms with E-state index in [1.807, 2.05) is 0 Å². The van der Waals surface area contributed by atoms with Crippen molar-refractivity contribution >= 4 is 139 Å². The summed E-state index contributed by atoms with van der Waals surface area (Å²) in [5.74, 6) is -23.7. The quantitative estimate of drug-likeness (QED) is 0.0218. The lowest BCUT2D eigenvalue weighted by atomic mass is 9.98. The number of phenols is 1. The fraction of sp³-hybridized carbons (Fsp3) is 0.465. The molecule has 22 N–H and O–H groups in total. The molecule has 0 spiro atoms. The Hall–Kier alpha value is -13.5. The number of rotatable bonds is 31. The minimum Gasteiger partial charge on any atom is -0.508 e. The van der Waals surface area contributed by atoms with Gasteiger partial charge in [0.25, 0.3) is 0 Å². The zero-order valence-corrected chi connectivity index (χ0v) is 74.6. The third-order valence-corrected chi connectivity index (χ3v) is 22.8. The van der Waals surface area contributed by atoms with Crippen molar-refractivity contribution in [3.8, 4) is 5.75 Å². The van der Waals surface area contributed by atoms with E-state index in [1.165, 1.54) is 69.1 Å². The molecular weight excluding hydrogens is 1730 g/mol. The molecule has 6 aromatic rings. The highest BCUT2D eigenvalue weighted by Crippen LogP contribution is 2.26. The number of carboxylic acid groups (broad SMARTS) is 3. The molecule has 1 unspecified atom stereocenters. The first kappa shape index (κ1) is 104. The summed E-state index contributed by atoms with van der Waals surface area (Å²) in [7, 11) is 1.39. The maximum atomic E-state index is 15.6. The van der Waals surface area contributed by atoms with Crippen LogP contribution >= 0.6 is 21.6 Å². The minimum absolute atomic E-state index is 0.0925. The highest BCUT2D eigenvalue weighted by Gasteiger charge is 2.40. The molecule has 42 nitrogen and oxygen atoms in total. The van der Waals surface area contributed by atoms with Gasteiger partial charge in [-0.1, -0.05) is 130 Å². The van der Waals surface area contributed by atoms with Crippen molar-refractivity contribution in [2.75, 3.05) is 18.1 Å². The lowest BCUT2D eigenvalue weighted by Gasteiger charge is -2.30. The summed E-state index contributed by atoms with van der Waals surface area (Å²) in [6, 6.07) is 1.07. The zero-order chi connectivity index (χ0) is 95.6. The smallest absolute Gasteiger partial charge is 0.326 e. The molecule has 702 valence electrons. The van der Waals surface area contributed by atoms with Gasteiger partial charge in [-0.3, -0.25) is 86.5 Å². The number of aromatic amines is 2. The molecule has 3 aromatic heterocycles. The van der Waals surface area contributed by atoms with Crippen LogP contribution in [0.5, 0.6) is 5.75 Å². The molecular formula is C86H113N19O23S2. The summed E-state index contributed by atoms with van der Waals surface area (Å²) < 4.78 is 0. The molecule has 1 fully saturated rings. The largest absolute Gasteiger partial charge is 0.508 e. The van der Waals surface area contributed by atoms with Gasteiger partial charge in [-0.05, 0) is 97.9 Å². The van der Waals surface area contributed by atoms with E-state index in [2.05, 4.69) is 99.7 Å². The van der Waals surface area contributed by atoms with E-state index < -0.39 is 253 Å². The first-order chi connectivity index (χ1) is 61.6. The Balaban J connectivity index is 1.34. The Morgan fingerprint density at radius 3 is 1.72 bits per heavy atom. The third kappa shape index (κ3) is 33.9. The molecule has 130 heavy (non-hydrogen) atoms. The minimum atomic E-state index is -2.04. The number of hydrogen-bond acceptors (Lipinski definition) is 24. The number of aliphatic carboxylic acids is 3. The summed E-state index contributed by atoms with van der Waals surface area (Å²) in [5, 5.41) is 90.1. The lowest BCUT2D eigenvalue weighted by molar-refractivity contribution is -0.142. The summed E-state index contributed by atoms with van der Waals surface area (Å²) >= 11 is 0. The molecule has 7 rings (SSSR count). The van der Waals surface area contributed by atoms with E-state index in [9.17, 15) is 97.5 Å². The molecule has 1 aliphatic heterocycles. The van der Waals surface area contributed by atoms with Crippen molar-refractivity contribution < 1.29 is 112 Å². The molecule has 0 radical (unpaired) electrons. The molecule has 0 saturated carbocycles. The van der Waals surface area contributed by atoms with Crippen molar-refractivity contribution in [3.63, 3.8) is 0 Å². The number of aliphatic hydroxyl groups is 1. The lowest BCUT2D eigenvalue weighted by Crippen LogP contribution is -2.62. The second-order valence-electron chi connectivity index (χ2n) is 32.5. The number of carbonyl (C=O) groups excluding carboxylic acids is 15. The first-order valence-electron chi connectivity index (χ1n) is 41.9. The number of para-hydroxylation sites is 1. The van der Waals surface area contributed by atoms with E-state index in [0.29, 0.717) is 49.2 Å². The van der Waals surface area contributed by atoms with Crippen molar-refractivity contribution in [3.05, 3.63) is 150 Å². The van der Waals surface area contributed by atoms with Crippen LogP contribution in [0.2, 0.25) is 0 Å². The maximum Gasteiger partial charge on any atom is 0.326 e. The summed E-state index contributed by atoms with van der Waals surface area (Å²) in [4.78, 5) is 270. The van der Waals surface area contributed by atoms with Crippen LogP contribution in [0.25, 0.3) is 10.9 Å². The number of carbonyl (C=O) groups is 18. The van der Waals surface area contributed by atoms with Crippen LogP contribution in [0, 0.1) is 17.8 Å². The zero-order valence-electron chi connectivity index (χ0n) is 72.9. The predicted molar refractivity (Wildman–Crippen MR) is 473 cm³/mol. The Morgan fingerprint density at radius 2 is 1.11 bits per heavy atom. The second kappa shape index (κ2) is 50.9. The molecule has 15 amide bonds. The van der Waals surface area contributed by atoms with Gasteiger partial charge in [-0.2, -0.15) is 0 Å². The topological polar surface area (TPSA) is 646 Å². The molecule has 15 atom stereocenters. The highest BCUT2D eigenvalue weighted by molar-refractivity contribution is 8.76. The van der Waals surface area contributed by atoms with Crippen molar-refractivity contribution in [1.29, 1.82) is 0 Å². The Kier molecular flexibility index (Phi) is 40.5. The number of nitrogens with one attached hydrogen (secondary N) is 17. The number of nitrogens with zero attached hydrogens (tertiary/aromatic N) is 2. The second-order valence-corrected chi connectivity index (χ2v) is 35.0. The van der Waals surface area contributed by atoms with Crippen LogP contribution in [0.3, 0.4) is 0 Å². The van der Waals surface area contributed by atoms with E-state index >= 15 is 14.4 Å². The Bertz CT molecular complexity index is 4930.